The molecule has 1 unspecified atom stereocenters. The fourth-order valence-corrected chi connectivity index (χ4v) is 4.58. The largest absolute Gasteiger partial charge is 0.414 e. The van der Waals surface area contributed by atoms with Gasteiger partial charge in [-0.2, -0.15) is 13.2 Å². The van der Waals surface area contributed by atoms with E-state index in [-0.39, 0.29) is 24.2 Å². The smallest absolute Gasteiger partial charge is 0.385 e. The van der Waals surface area contributed by atoms with Crippen LogP contribution in [0.5, 0.6) is 0 Å². The number of rotatable bonds is 7. The van der Waals surface area contributed by atoms with Gasteiger partial charge in [0.05, 0.1) is 6.61 Å². The summed E-state index contributed by atoms with van der Waals surface area (Å²) in [5, 5.41) is 2.99. The summed E-state index contributed by atoms with van der Waals surface area (Å²) >= 11 is 6.16. The molecule has 1 aromatic heterocycles. The summed E-state index contributed by atoms with van der Waals surface area (Å²) in [6.07, 6.45) is -5.69. The van der Waals surface area contributed by atoms with E-state index in [9.17, 15) is 27.6 Å². The van der Waals surface area contributed by atoms with Gasteiger partial charge in [0.1, 0.15) is 6.04 Å². The Hall–Kier alpha value is -3.67. The van der Waals surface area contributed by atoms with Crippen LogP contribution in [0.1, 0.15) is 33.9 Å². The number of hydrogen-bond acceptors (Lipinski definition) is 5. The number of primary amides is 1. The predicted molar refractivity (Wildman–Crippen MR) is 139 cm³/mol. The molecule has 0 saturated carbocycles. The van der Waals surface area contributed by atoms with Crippen molar-refractivity contribution in [1.29, 1.82) is 0 Å². The van der Waals surface area contributed by atoms with Crippen molar-refractivity contribution < 1.29 is 32.2 Å². The molecule has 206 valence electrons. The summed E-state index contributed by atoms with van der Waals surface area (Å²) in [6, 6.07) is 10.5. The van der Waals surface area contributed by atoms with Crippen molar-refractivity contribution in [3.05, 3.63) is 86.8 Å². The summed E-state index contributed by atoms with van der Waals surface area (Å²) < 4.78 is 52.6. The van der Waals surface area contributed by atoms with E-state index in [1.165, 1.54) is 61.8 Å². The maximum atomic E-state index is 13.7. The third-order valence-electron chi connectivity index (χ3n) is 6.41. The van der Waals surface area contributed by atoms with Gasteiger partial charge in [0.25, 0.3) is 5.56 Å². The number of anilines is 1. The number of hydrogen-bond donors (Lipinski definition) is 2. The number of halogens is 4. The quantitative estimate of drug-likeness (QED) is 0.440. The number of fused-ring (bicyclic) bond motifs is 3. The minimum atomic E-state index is -4.62. The molecule has 8 nitrogen and oxygen atoms in total. The Labute approximate surface area is 226 Å². The van der Waals surface area contributed by atoms with Gasteiger partial charge in [0, 0.05) is 60.7 Å². The van der Waals surface area contributed by atoms with Crippen LogP contribution in [0.2, 0.25) is 5.02 Å². The molecule has 0 aliphatic carbocycles. The zero-order chi connectivity index (χ0) is 28.3. The molecule has 0 fully saturated rings. The van der Waals surface area contributed by atoms with Gasteiger partial charge in [-0.3, -0.25) is 14.4 Å². The van der Waals surface area contributed by atoms with Crippen LogP contribution in [-0.4, -0.2) is 42.4 Å². The van der Waals surface area contributed by atoms with Gasteiger partial charge in [-0.05, 0) is 53.1 Å². The highest BCUT2D eigenvalue weighted by molar-refractivity contribution is 6.30. The lowest BCUT2D eigenvalue weighted by Crippen LogP contribution is -2.36. The minimum Gasteiger partial charge on any atom is -0.385 e. The normalized spacial score (nSPS) is 15.9. The molecule has 4 rings (SSSR count). The Morgan fingerprint density at radius 2 is 1.85 bits per heavy atom. The maximum absolute atomic E-state index is 13.7. The second kappa shape index (κ2) is 11.6. The standard InChI is InChI=1S/C27H25ClF3N3O5/c1-38-9-8-22(26(37)33-19-6-3-15(4-7-19)25(32)36)34-13-17-14-39-23(27(29,30)31)10-16-2-5-18(28)11-20(16)21(17)12-24(34)35/h2-7,11-13,22-23H,8-10,14H2,1H3,(H2,32,36)(H,33,37)/t22-,23?/m0/s1. The van der Waals surface area contributed by atoms with Crippen LogP contribution in [0.25, 0.3) is 11.1 Å². The lowest BCUT2D eigenvalue weighted by molar-refractivity contribution is -0.223. The number of carbonyl (C=O) groups is 2. The molecule has 12 heteroatoms. The van der Waals surface area contributed by atoms with Crippen molar-refractivity contribution >= 4 is 29.1 Å². The molecule has 0 bridgehead atoms. The van der Waals surface area contributed by atoms with E-state index in [1.54, 1.807) is 0 Å². The molecule has 2 heterocycles. The topological polar surface area (TPSA) is 113 Å². The zero-order valence-corrected chi connectivity index (χ0v) is 21.5. The third kappa shape index (κ3) is 6.49. The van der Waals surface area contributed by atoms with Crippen molar-refractivity contribution in [1.82, 2.24) is 4.57 Å². The fourth-order valence-electron chi connectivity index (χ4n) is 4.41. The summed E-state index contributed by atoms with van der Waals surface area (Å²) in [6.45, 7) is -0.327. The summed E-state index contributed by atoms with van der Waals surface area (Å²) in [4.78, 5) is 37.9. The van der Waals surface area contributed by atoms with Gasteiger partial charge in [-0.15, -0.1) is 0 Å². The molecular formula is C27H25ClF3N3O5. The number of aromatic nitrogens is 1. The first kappa shape index (κ1) is 28.3. The number of pyridine rings is 1. The summed E-state index contributed by atoms with van der Waals surface area (Å²) in [5.41, 5.74) is 6.69. The van der Waals surface area contributed by atoms with Crippen LogP contribution in [0.3, 0.4) is 0 Å². The van der Waals surface area contributed by atoms with Crippen LogP contribution < -0.4 is 16.6 Å². The molecule has 0 saturated heterocycles. The fraction of sp³-hybridized carbons (Fsp3) is 0.296. The number of nitrogens with one attached hydrogen (secondary N) is 1. The van der Waals surface area contributed by atoms with Gasteiger partial charge in [-0.1, -0.05) is 17.7 Å². The Bertz CT molecular complexity index is 1440. The van der Waals surface area contributed by atoms with Gasteiger partial charge >= 0.3 is 6.18 Å². The molecule has 0 radical (unpaired) electrons. The third-order valence-corrected chi connectivity index (χ3v) is 6.64. The predicted octanol–water partition coefficient (Wildman–Crippen LogP) is 4.49. The van der Waals surface area contributed by atoms with Crippen LogP contribution in [0.15, 0.2) is 59.5 Å². The first-order valence-corrected chi connectivity index (χ1v) is 12.3. The molecule has 3 N–H and O–H groups in total. The van der Waals surface area contributed by atoms with Gasteiger partial charge in [-0.25, -0.2) is 0 Å². The van der Waals surface area contributed by atoms with Crippen molar-refractivity contribution in [3.8, 4) is 11.1 Å². The molecule has 1 aliphatic heterocycles. The van der Waals surface area contributed by atoms with Crippen LogP contribution in [-0.2, 0) is 27.3 Å². The van der Waals surface area contributed by atoms with Crippen molar-refractivity contribution in [2.75, 3.05) is 19.0 Å². The molecule has 0 spiro atoms. The zero-order valence-electron chi connectivity index (χ0n) is 20.8. The van der Waals surface area contributed by atoms with E-state index in [0.717, 1.165) is 4.57 Å². The van der Waals surface area contributed by atoms with Gasteiger partial charge in [0.2, 0.25) is 11.8 Å². The van der Waals surface area contributed by atoms with Gasteiger partial charge < -0.3 is 25.1 Å². The molecule has 39 heavy (non-hydrogen) atoms. The van der Waals surface area contributed by atoms with Crippen molar-refractivity contribution in [2.45, 2.75) is 37.8 Å². The number of carbonyl (C=O) groups excluding carboxylic acids is 2. The van der Waals surface area contributed by atoms with E-state index < -0.39 is 48.7 Å². The second-order valence-corrected chi connectivity index (χ2v) is 9.47. The van der Waals surface area contributed by atoms with E-state index in [4.69, 9.17) is 26.8 Å². The average Bonchev–Trinajstić information content (AvgIpc) is 2.87. The number of ether oxygens (including phenoxy) is 2. The highest BCUT2D eigenvalue weighted by Gasteiger charge is 2.42. The van der Waals surface area contributed by atoms with Gasteiger partial charge in [0.15, 0.2) is 6.10 Å². The van der Waals surface area contributed by atoms with Crippen molar-refractivity contribution in [3.63, 3.8) is 0 Å². The van der Waals surface area contributed by atoms with E-state index in [2.05, 4.69) is 5.32 Å². The number of alkyl halides is 3. The molecule has 2 aromatic carbocycles. The van der Waals surface area contributed by atoms with Crippen LogP contribution in [0, 0.1) is 0 Å². The number of nitrogens with zero attached hydrogens (tertiary/aromatic N) is 1. The lowest BCUT2D eigenvalue weighted by atomic mass is 9.92. The van der Waals surface area contributed by atoms with Crippen LogP contribution >= 0.6 is 11.6 Å². The Morgan fingerprint density at radius 1 is 1.15 bits per heavy atom. The summed E-state index contributed by atoms with van der Waals surface area (Å²) in [5.74, 6) is -1.19. The maximum Gasteiger partial charge on any atom is 0.414 e. The van der Waals surface area contributed by atoms with E-state index in [1.807, 2.05) is 0 Å². The minimum absolute atomic E-state index is 0.0921. The van der Waals surface area contributed by atoms with Crippen molar-refractivity contribution in [2.24, 2.45) is 5.73 Å². The first-order valence-electron chi connectivity index (χ1n) is 11.9. The van der Waals surface area contributed by atoms with Crippen LogP contribution in [0.4, 0.5) is 18.9 Å². The Morgan fingerprint density at radius 3 is 2.49 bits per heavy atom. The highest BCUT2D eigenvalue weighted by atomic mass is 35.5. The van der Waals surface area contributed by atoms with E-state index in [0.29, 0.717) is 27.4 Å². The lowest BCUT2D eigenvalue weighted by Gasteiger charge is -2.27. The Balaban J connectivity index is 1.75. The highest BCUT2D eigenvalue weighted by Crippen LogP contribution is 2.36. The SMILES string of the molecule is COCC[C@@H](C(=O)Nc1ccc(C(N)=O)cc1)n1cc2c(cc1=O)-c1cc(Cl)ccc1CC(C(F)(F)F)OC2. The summed E-state index contributed by atoms with van der Waals surface area (Å²) in [7, 11) is 1.44. The Kier molecular flexibility index (Phi) is 8.43. The molecule has 2 amide bonds. The molecule has 3 aromatic rings. The second-order valence-electron chi connectivity index (χ2n) is 9.03. The number of methoxy groups -OCH3 is 1. The molecular weight excluding hydrogens is 539 g/mol. The van der Waals surface area contributed by atoms with E-state index >= 15 is 0 Å². The molecule has 2 atom stereocenters. The first-order chi connectivity index (χ1) is 18.5. The number of benzene rings is 2. The average molecular weight is 564 g/mol. The molecule has 1 aliphatic rings. The number of amides is 2. The monoisotopic (exact) mass is 563 g/mol. The number of nitrogens with two attached hydrogens (primary N) is 1.